The summed E-state index contributed by atoms with van der Waals surface area (Å²) in [6, 6.07) is 13.5. The van der Waals surface area contributed by atoms with Crippen LogP contribution in [0.4, 0.5) is 10.1 Å². The third-order valence-corrected chi connectivity index (χ3v) is 6.73. The molecule has 2 aromatic carbocycles. The van der Waals surface area contributed by atoms with Crippen molar-refractivity contribution in [1.82, 2.24) is 0 Å². The van der Waals surface area contributed by atoms with Crippen LogP contribution in [0.5, 0.6) is 0 Å². The Labute approximate surface area is 182 Å². The van der Waals surface area contributed by atoms with E-state index >= 15 is 0 Å². The monoisotopic (exact) mass is 505 g/mol. The van der Waals surface area contributed by atoms with Crippen LogP contribution in [0.1, 0.15) is 43.2 Å². The molecule has 1 saturated carbocycles. The van der Waals surface area contributed by atoms with Gasteiger partial charge < -0.3 is 5.32 Å². The van der Waals surface area contributed by atoms with E-state index in [0.29, 0.717) is 12.3 Å². The first kappa shape index (κ1) is 21.0. The van der Waals surface area contributed by atoms with Crippen molar-refractivity contribution in [3.05, 3.63) is 86.8 Å². The van der Waals surface area contributed by atoms with E-state index < -0.39 is 5.67 Å². The van der Waals surface area contributed by atoms with E-state index in [2.05, 4.69) is 51.0 Å². The smallest absolute Gasteiger partial charge is 0.248 e. The van der Waals surface area contributed by atoms with Gasteiger partial charge in [-0.05, 0) is 79.6 Å². The zero-order valence-corrected chi connectivity index (χ0v) is 18.9. The van der Waals surface area contributed by atoms with E-state index in [1.54, 1.807) is 18.2 Å². The molecular weight excluding hydrogens is 485 g/mol. The Morgan fingerprint density at radius 1 is 1.18 bits per heavy atom. The maximum Gasteiger partial charge on any atom is 0.248 e. The average Bonchev–Trinajstić information content (AvgIpc) is 3.33. The Bertz CT molecular complexity index is 938. The van der Waals surface area contributed by atoms with Gasteiger partial charge >= 0.3 is 0 Å². The fourth-order valence-electron chi connectivity index (χ4n) is 3.21. The zero-order chi connectivity index (χ0) is 20.3. The number of carbonyl (C=O) groups excluding carboxylic acids is 1. The van der Waals surface area contributed by atoms with Crippen molar-refractivity contribution >= 4 is 43.5 Å². The summed E-state index contributed by atoms with van der Waals surface area (Å²) in [4.78, 5) is 12.1. The van der Waals surface area contributed by atoms with Crippen LogP contribution in [0.3, 0.4) is 0 Å². The van der Waals surface area contributed by atoms with Crippen LogP contribution in [-0.4, -0.2) is 11.6 Å². The van der Waals surface area contributed by atoms with Gasteiger partial charge in [0.1, 0.15) is 5.67 Å². The first-order valence-electron chi connectivity index (χ1n) is 9.20. The molecule has 0 aliphatic heterocycles. The molecule has 2 aromatic rings. The summed E-state index contributed by atoms with van der Waals surface area (Å²) < 4.78 is 16.7. The molecule has 5 heteroatoms. The van der Waals surface area contributed by atoms with Crippen molar-refractivity contribution in [2.45, 2.75) is 37.8 Å². The van der Waals surface area contributed by atoms with Gasteiger partial charge in [-0.15, -0.1) is 0 Å². The number of carbonyl (C=O) groups is 1. The van der Waals surface area contributed by atoms with Gasteiger partial charge in [-0.3, -0.25) is 4.79 Å². The molecule has 0 aromatic heterocycles. The molecule has 0 saturated heterocycles. The number of halogens is 3. The third kappa shape index (κ3) is 5.00. The first-order valence-corrected chi connectivity index (χ1v) is 10.8. The second-order valence-electron chi connectivity index (χ2n) is 7.31. The van der Waals surface area contributed by atoms with Gasteiger partial charge in [-0.1, -0.05) is 50.3 Å². The Morgan fingerprint density at radius 3 is 2.64 bits per heavy atom. The minimum atomic E-state index is -1.35. The molecule has 3 rings (SSSR count). The SMILES string of the molecule is CC(C)c1ccccc1NC(=O)C=CC=C[C@]1(F)CC1c1ccc(Br)c(Br)c1. The lowest BCUT2D eigenvalue weighted by Gasteiger charge is -2.12. The number of hydrogen-bond acceptors (Lipinski definition) is 1. The van der Waals surface area contributed by atoms with Crippen LogP contribution in [0.2, 0.25) is 0 Å². The molecule has 0 heterocycles. The minimum Gasteiger partial charge on any atom is -0.322 e. The predicted molar refractivity (Wildman–Crippen MR) is 120 cm³/mol. The third-order valence-electron chi connectivity index (χ3n) is 4.85. The Hall–Kier alpha value is -1.72. The van der Waals surface area contributed by atoms with E-state index in [9.17, 15) is 9.18 Å². The predicted octanol–water partition coefficient (Wildman–Crippen LogP) is 7.28. The molecule has 1 amide bonds. The average molecular weight is 507 g/mol. The van der Waals surface area contributed by atoms with Crippen molar-refractivity contribution in [1.29, 1.82) is 0 Å². The molecule has 0 bridgehead atoms. The van der Waals surface area contributed by atoms with Crippen LogP contribution < -0.4 is 5.32 Å². The quantitative estimate of drug-likeness (QED) is 0.323. The van der Waals surface area contributed by atoms with E-state index in [1.807, 2.05) is 42.5 Å². The highest BCUT2D eigenvalue weighted by molar-refractivity contribution is 9.13. The number of benzene rings is 2. The van der Waals surface area contributed by atoms with E-state index in [4.69, 9.17) is 0 Å². The van der Waals surface area contributed by atoms with Crippen LogP contribution in [-0.2, 0) is 4.79 Å². The molecule has 2 atom stereocenters. The lowest BCUT2D eigenvalue weighted by molar-refractivity contribution is -0.111. The molecule has 1 unspecified atom stereocenters. The van der Waals surface area contributed by atoms with Crippen LogP contribution in [0.25, 0.3) is 0 Å². The van der Waals surface area contributed by atoms with E-state index in [1.165, 1.54) is 6.08 Å². The molecular formula is C23H22Br2FNO. The Morgan fingerprint density at radius 2 is 1.93 bits per heavy atom. The van der Waals surface area contributed by atoms with Gasteiger partial charge in [-0.25, -0.2) is 4.39 Å². The topological polar surface area (TPSA) is 29.1 Å². The molecule has 146 valence electrons. The number of anilines is 1. The number of rotatable bonds is 6. The molecule has 1 aliphatic rings. The highest BCUT2D eigenvalue weighted by atomic mass is 79.9. The summed E-state index contributed by atoms with van der Waals surface area (Å²) >= 11 is 6.88. The van der Waals surface area contributed by atoms with Crippen LogP contribution in [0.15, 0.2) is 75.7 Å². The lowest BCUT2D eigenvalue weighted by atomic mass is 10.0. The van der Waals surface area contributed by atoms with Gasteiger partial charge in [0.25, 0.3) is 0 Å². The van der Waals surface area contributed by atoms with Crippen molar-refractivity contribution in [2.24, 2.45) is 0 Å². The molecule has 0 spiro atoms. The standard InChI is InChI=1S/C23H22Br2FNO/c1-15(2)17-7-3-4-8-21(17)27-22(28)9-5-6-12-23(26)14-18(23)16-10-11-19(24)20(25)13-16/h3-13,15,18H,14H2,1-2H3,(H,27,28)/t18?,23-/m0/s1. The van der Waals surface area contributed by atoms with Gasteiger partial charge in [0.15, 0.2) is 0 Å². The minimum absolute atomic E-state index is 0.145. The summed E-state index contributed by atoms with van der Waals surface area (Å²) in [5.74, 6) is -0.0552. The summed E-state index contributed by atoms with van der Waals surface area (Å²) in [6.07, 6.45) is 6.62. The largest absolute Gasteiger partial charge is 0.322 e. The second kappa shape index (κ2) is 8.75. The van der Waals surface area contributed by atoms with Crippen molar-refractivity contribution < 1.29 is 9.18 Å². The number of alkyl halides is 1. The number of nitrogens with one attached hydrogen (secondary N) is 1. The van der Waals surface area contributed by atoms with Crippen molar-refractivity contribution in [2.75, 3.05) is 5.32 Å². The summed E-state index contributed by atoms with van der Waals surface area (Å²) in [5, 5.41) is 2.89. The summed E-state index contributed by atoms with van der Waals surface area (Å²) in [5.41, 5.74) is 1.51. The fourth-order valence-corrected chi connectivity index (χ4v) is 3.85. The number of para-hydroxylation sites is 1. The zero-order valence-electron chi connectivity index (χ0n) is 15.8. The molecule has 1 aliphatic carbocycles. The van der Waals surface area contributed by atoms with E-state index in [0.717, 1.165) is 25.8 Å². The van der Waals surface area contributed by atoms with Gasteiger partial charge in [0.05, 0.1) is 0 Å². The van der Waals surface area contributed by atoms with Crippen LogP contribution >= 0.6 is 31.9 Å². The van der Waals surface area contributed by atoms with Crippen LogP contribution in [0, 0.1) is 0 Å². The normalized spacial score (nSPS) is 21.6. The molecule has 1 fully saturated rings. The van der Waals surface area contributed by atoms with Gasteiger partial charge in [0, 0.05) is 26.6 Å². The summed E-state index contributed by atoms with van der Waals surface area (Å²) in [7, 11) is 0. The molecule has 0 radical (unpaired) electrons. The second-order valence-corrected chi connectivity index (χ2v) is 9.02. The lowest BCUT2D eigenvalue weighted by Crippen LogP contribution is -2.10. The molecule has 28 heavy (non-hydrogen) atoms. The number of hydrogen-bond donors (Lipinski definition) is 1. The van der Waals surface area contributed by atoms with Crippen molar-refractivity contribution in [3.8, 4) is 0 Å². The fraction of sp³-hybridized carbons (Fsp3) is 0.261. The Kier molecular flexibility index (Phi) is 6.56. The maximum absolute atomic E-state index is 14.8. The van der Waals surface area contributed by atoms with Gasteiger partial charge in [0.2, 0.25) is 5.91 Å². The number of amides is 1. The highest BCUT2D eigenvalue weighted by Gasteiger charge is 2.54. The van der Waals surface area contributed by atoms with E-state index in [-0.39, 0.29) is 11.8 Å². The highest BCUT2D eigenvalue weighted by Crippen LogP contribution is 2.56. The summed E-state index contributed by atoms with van der Waals surface area (Å²) in [6.45, 7) is 4.17. The Balaban J connectivity index is 1.58. The first-order chi connectivity index (χ1) is 13.3. The van der Waals surface area contributed by atoms with Crippen molar-refractivity contribution in [3.63, 3.8) is 0 Å². The number of allylic oxidation sites excluding steroid dienone is 3. The molecule has 1 N–H and O–H groups in total. The molecule has 2 nitrogen and oxygen atoms in total. The maximum atomic E-state index is 14.8. The van der Waals surface area contributed by atoms with Gasteiger partial charge in [-0.2, -0.15) is 0 Å².